The van der Waals surface area contributed by atoms with Crippen molar-refractivity contribution in [3.8, 4) is 0 Å². The van der Waals surface area contributed by atoms with Crippen LogP contribution in [0.2, 0.25) is 0 Å². The molecule has 10 rings (SSSR count). The average Bonchev–Trinajstić information content (AvgIpc) is 3.37. The fourth-order valence-electron chi connectivity index (χ4n) is 13.2. The lowest BCUT2D eigenvalue weighted by Gasteiger charge is -2.67. The standard InChI is InChI=1S/C34H60N6Si/c1-30(2,3)29-22-37(31(4,5)6)41(38(29)32(7,8)9)39(33-16-23-10-24(17-33)12-25(11-23)18-33)35-36-40(41)34-19-26-13-27(20-34)15-28(14-26)21-34/h23-29H,10-22H2,1-9H3. The molecule has 0 N–H and O–H groups in total. The zero-order chi connectivity index (χ0) is 29.0. The summed E-state index contributed by atoms with van der Waals surface area (Å²) in [5.41, 5.74) is 0.644. The second-order valence-corrected chi connectivity index (χ2v) is 23.0. The molecule has 8 aliphatic carbocycles. The lowest BCUT2D eigenvalue weighted by molar-refractivity contribution is -0.0864. The van der Waals surface area contributed by atoms with E-state index in [4.69, 9.17) is 10.4 Å². The predicted octanol–water partition coefficient (Wildman–Crippen LogP) is 7.89. The van der Waals surface area contributed by atoms with Gasteiger partial charge in [-0.3, -0.25) is 9.13 Å². The van der Waals surface area contributed by atoms with E-state index < -0.39 is 8.72 Å². The third kappa shape index (κ3) is 3.79. The van der Waals surface area contributed by atoms with Crippen molar-refractivity contribution in [3.63, 3.8) is 0 Å². The molecule has 0 radical (unpaired) electrons. The summed E-state index contributed by atoms with van der Waals surface area (Å²) in [6.07, 6.45) is 17.0. The Morgan fingerprint density at radius 2 is 0.878 bits per heavy atom. The zero-order valence-corrected chi connectivity index (χ0v) is 28.9. The minimum absolute atomic E-state index is 0.0284. The van der Waals surface area contributed by atoms with Crippen molar-refractivity contribution >= 4 is 8.72 Å². The second kappa shape index (κ2) is 8.32. The van der Waals surface area contributed by atoms with Gasteiger partial charge in [0.1, 0.15) is 0 Å². The molecule has 1 spiro atoms. The Bertz CT molecular complexity index is 985. The molecule has 2 heterocycles. The molecule has 1 saturated heterocycles. The zero-order valence-electron chi connectivity index (χ0n) is 27.9. The molecule has 7 heteroatoms. The summed E-state index contributed by atoms with van der Waals surface area (Å²) in [5.74, 6) is 5.43. The summed E-state index contributed by atoms with van der Waals surface area (Å²) in [6, 6.07) is 0.477. The van der Waals surface area contributed by atoms with E-state index in [1.165, 1.54) is 77.0 Å². The summed E-state index contributed by atoms with van der Waals surface area (Å²) in [5, 5.41) is 11.2. The monoisotopic (exact) mass is 580 g/mol. The van der Waals surface area contributed by atoms with Crippen LogP contribution in [0.5, 0.6) is 0 Å². The van der Waals surface area contributed by atoms with Gasteiger partial charge in [0, 0.05) is 23.7 Å². The molecule has 41 heavy (non-hydrogen) atoms. The van der Waals surface area contributed by atoms with Gasteiger partial charge in [-0.1, -0.05) is 31.2 Å². The van der Waals surface area contributed by atoms with Crippen LogP contribution in [0.25, 0.3) is 0 Å². The Balaban J connectivity index is 1.36. The van der Waals surface area contributed by atoms with Gasteiger partial charge in [-0.25, -0.2) is 9.35 Å². The molecular weight excluding hydrogens is 521 g/mol. The Morgan fingerprint density at radius 1 is 0.537 bits per heavy atom. The van der Waals surface area contributed by atoms with E-state index in [2.05, 4.69) is 80.8 Å². The number of hydrogen-bond acceptors (Lipinski definition) is 6. The van der Waals surface area contributed by atoms with Crippen molar-refractivity contribution in [2.75, 3.05) is 6.54 Å². The van der Waals surface area contributed by atoms with Gasteiger partial charge >= 0.3 is 8.72 Å². The molecule has 1 atom stereocenters. The van der Waals surface area contributed by atoms with E-state index in [0.717, 1.165) is 42.1 Å². The van der Waals surface area contributed by atoms with Crippen LogP contribution in [-0.4, -0.2) is 61.9 Å². The molecule has 0 aromatic rings. The maximum absolute atomic E-state index is 5.61. The quantitative estimate of drug-likeness (QED) is 0.311. The first kappa shape index (κ1) is 27.9. The number of rotatable bonds is 2. The normalized spacial score (nSPS) is 49.4. The van der Waals surface area contributed by atoms with Crippen molar-refractivity contribution in [2.24, 2.45) is 51.4 Å². The summed E-state index contributed by atoms with van der Waals surface area (Å²) in [7, 11) is -2.80. The minimum atomic E-state index is -2.80. The van der Waals surface area contributed by atoms with Crippen molar-refractivity contribution in [1.29, 1.82) is 0 Å². The van der Waals surface area contributed by atoms with Crippen LogP contribution in [-0.2, 0) is 0 Å². The average molecular weight is 581 g/mol. The molecule has 2 aliphatic heterocycles. The van der Waals surface area contributed by atoms with Crippen LogP contribution >= 0.6 is 0 Å². The number of nitrogens with zero attached hydrogens (tertiary/aromatic N) is 6. The fraction of sp³-hybridized carbons (Fsp3) is 1.00. The Hall–Kier alpha value is -0.663. The highest BCUT2D eigenvalue weighted by Gasteiger charge is 2.79. The van der Waals surface area contributed by atoms with Gasteiger partial charge in [0.25, 0.3) is 0 Å². The topological polar surface area (TPSA) is 37.7 Å². The SMILES string of the molecule is CC(C)(C)C1CN(C(C)(C)C)[Si]2(N1C(C)(C)C)N(C13CC4CC(CC(C4)C1)C3)N=NN2C12CC3CC(CC(C3)C1)C2. The van der Waals surface area contributed by atoms with Gasteiger partial charge in [-0.2, -0.15) is 0 Å². The summed E-state index contributed by atoms with van der Waals surface area (Å²) < 4.78 is 12.0. The van der Waals surface area contributed by atoms with Gasteiger partial charge in [0.05, 0.1) is 11.1 Å². The second-order valence-electron chi connectivity index (χ2n) is 19.9. The predicted molar refractivity (Wildman–Crippen MR) is 167 cm³/mol. The summed E-state index contributed by atoms with van der Waals surface area (Å²) >= 11 is 0. The minimum Gasteiger partial charge on any atom is -0.269 e. The third-order valence-corrected chi connectivity index (χ3v) is 19.1. The molecule has 1 unspecified atom stereocenters. The molecule has 0 amide bonds. The summed E-state index contributed by atoms with van der Waals surface area (Å²) in [4.78, 5) is 0. The van der Waals surface area contributed by atoms with Gasteiger partial charge in [-0.15, -0.1) is 0 Å². The van der Waals surface area contributed by atoms with E-state index in [1.54, 1.807) is 0 Å². The Kier molecular flexibility index (Phi) is 5.66. The smallest absolute Gasteiger partial charge is 0.269 e. The molecular formula is C34H60N6Si. The van der Waals surface area contributed by atoms with E-state index in [1.807, 2.05) is 0 Å². The van der Waals surface area contributed by atoms with Crippen molar-refractivity contribution in [1.82, 2.24) is 18.5 Å². The first-order valence-electron chi connectivity index (χ1n) is 17.6. The highest BCUT2D eigenvalue weighted by atomic mass is 28.4. The molecule has 6 nitrogen and oxygen atoms in total. The fourth-order valence-corrected chi connectivity index (χ4v) is 19.8. The van der Waals surface area contributed by atoms with E-state index >= 15 is 0 Å². The molecule has 0 aromatic heterocycles. The van der Waals surface area contributed by atoms with Crippen LogP contribution in [0.1, 0.15) is 139 Å². The largest absolute Gasteiger partial charge is 0.477 e. The molecule has 10 aliphatic rings. The Labute approximate surface area is 252 Å². The van der Waals surface area contributed by atoms with Crippen molar-refractivity contribution < 1.29 is 0 Å². The van der Waals surface area contributed by atoms with Gasteiger partial charge in [0.2, 0.25) is 0 Å². The van der Waals surface area contributed by atoms with Gasteiger partial charge in [-0.05, 0) is 160 Å². The lowest BCUT2D eigenvalue weighted by Crippen LogP contribution is -2.87. The van der Waals surface area contributed by atoms with Crippen LogP contribution in [0.3, 0.4) is 0 Å². The maximum atomic E-state index is 5.61. The van der Waals surface area contributed by atoms with E-state index in [-0.39, 0.29) is 27.6 Å². The molecule has 8 bridgehead atoms. The first-order chi connectivity index (χ1) is 19.0. The van der Waals surface area contributed by atoms with Crippen LogP contribution in [0.15, 0.2) is 10.4 Å². The maximum Gasteiger partial charge on any atom is 0.477 e. The van der Waals surface area contributed by atoms with Gasteiger partial charge in [0.15, 0.2) is 0 Å². The highest BCUT2D eigenvalue weighted by Crippen LogP contribution is 2.65. The van der Waals surface area contributed by atoms with Crippen molar-refractivity contribution in [2.45, 2.75) is 168 Å². The third-order valence-electron chi connectivity index (χ3n) is 13.6. The van der Waals surface area contributed by atoms with Gasteiger partial charge < -0.3 is 0 Å². The molecule has 9 fully saturated rings. The van der Waals surface area contributed by atoms with Crippen molar-refractivity contribution in [3.05, 3.63) is 0 Å². The lowest BCUT2D eigenvalue weighted by atomic mass is 9.53. The summed E-state index contributed by atoms with van der Waals surface area (Å²) in [6.45, 7) is 23.8. The van der Waals surface area contributed by atoms with Crippen LogP contribution < -0.4 is 0 Å². The van der Waals surface area contributed by atoms with Crippen LogP contribution in [0.4, 0.5) is 0 Å². The molecule has 0 aromatic carbocycles. The number of hydrogen-bond donors (Lipinski definition) is 0. The van der Waals surface area contributed by atoms with E-state index in [9.17, 15) is 0 Å². The molecule has 8 saturated carbocycles. The molecule has 230 valence electrons. The Morgan fingerprint density at radius 3 is 1.15 bits per heavy atom. The highest BCUT2D eigenvalue weighted by molar-refractivity contribution is 6.70. The van der Waals surface area contributed by atoms with Crippen LogP contribution in [0, 0.1) is 40.9 Å². The van der Waals surface area contributed by atoms with E-state index in [0.29, 0.717) is 6.04 Å². The first-order valence-corrected chi connectivity index (χ1v) is 19.4.